The topological polar surface area (TPSA) is 12.0 Å². The Balaban J connectivity index is 2.79. The summed E-state index contributed by atoms with van der Waals surface area (Å²) in [5.74, 6) is 0. The number of rotatable bonds is 4. The standard InChI is InChI=1S/C11H14BrN/c1-3-11(13-4-2)9-5-7-10(12)8-6-9/h3,5-8,11,13H,1,4H2,2H3. The van der Waals surface area contributed by atoms with Gasteiger partial charge in [0.15, 0.2) is 0 Å². The molecule has 0 bridgehead atoms. The fourth-order valence-electron chi connectivity index (χ4n) is 1.23. The van der Waals surface area contributed by atoms with E-state index in [1.54, 1.807) is 0 Å². The van der Waals surface area contributed by atoms with Gasteiger partial charge < -0.3 is 5.32 Å². The van der Waals surface area contributed by atoms with E-state index in [0.717, 1.165) is 11.0 Å². The van der Waals surface area contributed by atoms with Crippen molar-refractivity contribution in [3.8, 4) is 0 Å². The van der Waals surface area contributed by atoms with Crippen molar-refractivity contribution < 1.29 is 0 Å². The Morgan fingerprint density at radius 1 is 1.46 bits per heavy atom. The van der Waals surface area contributed by atoms with Crippen LogP contribution in [0.25, 0.3) is 0 Å². The first kappa shape index (κ1) is 10.5. The number of hydrogen-bond acceptors (Lipinski definition) is 1. The molecular weight excluding hydrogens is 226 g/mol. The highest BCUT2D eigenvalue weighted by atomic mass is 79.9. The Kier molecular flexibility index (Phi) is 4.19. The minimum absolute atomic E-state index is 0.262. The molecule has 1 aromatic rings. The summed E-state index contributed by atoms with van der Waals surface area (Å²) >= 11 is 3.41. The molecule has 0 amide bonds. The highest BCUT2D eigenvalue weighted by Gasteiger charge is 2.03. The molecule has 1 atom stereocenters. The zero-order chi connectivity index (χ0) is 9.68. The van der Waals surface area contributed by atoms with Crippen molar-refractivity contribution in [1.29, 1.82) is 0 Å². The summed E-state index contributed by atoms with van der Waals surface area (Å²) in [5, 5.41) is 3.33. The second-order valence-corrected chi connectivity index (χ2v) is 3.74. The molecule has 1 aromatic carbocycles. The molecule has 1 N–H and O–H groups in total. The van der Waals surface area contributed by atoms with E-state index in [9.17, 15) is 0 Å². The van der Waals surface area contributed by atoms with Gasteiger partial charge in [0, 0.05) is 4.47 Å². The van der Waals surface area contributed by atoms with E-state index in [2.05, 4.69) is 46.9 Å². The lowest BCUT2D eigenvalue weighted by Gasteiger charge is -2.13. The van der Waals surface area contributed by atoms with Crippen LogP contribution in [-0.4, -0.2) is 6.54 Å². The van der Waals surface area contributed by atoms with E-state index in [1.165, 1.54) is 5.56 Å². The second-order valence-electron chi connectivity index (χ2n) is 2.82. The maximum absolute atomic E-state index is 3.80. The Bertz CT molecular complexity index is 266. The largest absolute Gasteiger partial charge is 0.307 e. The molecule has 0 aromatic heterocycles. The normalized spacial score (nSPS) is 12.5. The third-order valence-corrected chi connectivity index (χ3v) is 2.42. The molecule has 0 aliphatic rings. The van der Waals surface area contributed by atoms with Crippen molar-refractivity contribution in [1.82, 2.24) is 5.32 Å². The minimum Gasteiger partial charge on any atom is -0.307 e. The molecule has 0 radical (unpaired) electrons. The van der Waals surface area contributed by atoms with E-state index < -0.39 is 0 Å². The first-order valence-electron chi connectivity index (χ1n) is 4.39. The van der Waals surface area contributed by atoms with Crippen molar-refractivity contribution in [3.63, 3.8) is 0 Å². The molecule has 2 heteroatoms. The second kappa shape index (κ2) is 5.20. The quantitative estimate of drug-likeness (QED) is 0.796. The maximum atomic E-state index is 3.80. The SMILES string of the molecule is C=CC(NCC)c1ccc(Br)cc1. The number of benzene rings is 1. The number of halogens is 1. The van der Waals surface area contributed by atoms with Gasteiger partial charge in [0.05, 0.1) is 6.04 Å². The van der Waals surface area contributed by atoms with E-state index in [4.69, 9.17) is 0 Å². The molecule has 0 aliphatic carbocycles. The van der Waals surface area contributed by atoms with Crippen LogP contribution in [0, 0.1) is 0 Å². The molecule has 1 unspecified atom stereocenters. The van der Waals surface area contributed by atoms with Crippen LogP contribution < -0.4 is 5.32 Å². The van der Waals surface area contributed by atoms with Crippen LogP contribution in [0.4, 0.5) is 0 Å². The lowest BCUT2D eigenvalue weighted by atomic mass is 10.1. The van der Waals surface area contributed by atoms with Crippen molar-refractivity contribution in [2.45, 2.75) is 13.0 Å². The summed E-state index contributed by atoms with van der Waals surface area (Å²) in [7, 11) is 0. The molecule has 0 heterocycles. The fraction of sp³-hybridized carbons (Fsp3) is 0.273. The van der Waals surface area contributed by atoms with Gasteiger partial charge in [-0.2, -0.15) is 0 Å². The third-order valence-electron chi connectivity index (χ3n) is 1.89. The van der Waals surface area contributed by atoms with Gasteiger partial charge in [-0.25, -0.2) is 0 Å². The molecular formula is C11H14BrN. The Morgan fingerprint density at radius 3 is 2.54 bits per heavy atom. The average molecular weight is 240 g/mol. The first-order chi connectivity index (χ1) is 6.27. The van der Waals surface area contributed by atoms with E-state index in [-0.39, 0.29) is 6.04 Å². The van der Waals surface area contributed by atoms with Crippen LogP contribution >= 0.6 is 15.9 Å². The van der Waals surface area contributed by atoms with E-state index in [1.807, 2.05) is 18.2 Å². The summed E-state index contributed by atoms with van der Waals surface area (Å²) in [4.78, 5) is 0. The van der Waals surface area contributed by atoms with Crippen molar-refractivity contribution in [2.24, 2.45) is 0 Å². The van der Waals surface area contributed by atoms with Gasteiger partial charge in [-0.15, -0.1) is 6.58 Å². The van der Waals surface area contributed by atoms with Crippen LogP contribution in [0.1, 0.15) is 18.5 Å². The van der Waals surface area contributed by atoms with E-state index in [0.29, 0.717) is 0 Å². The van der Waals surface area contributed by atoms with Gasteiger partial charge in [-0.1, -0.05) is 41.1 Å². The Hall–Kier alpha value is -0.600. The summed E-state index contributed by atoms with van der Waals surface area (Å²) in [6, 6.07) is 8.54. The Morgan fingerprint density at radius 2 is 2.08 bits per heavy atom. The van der Waals surface area contributed by atoms with Gasteiger partial charge >= 0.3 is 0 Å². The summed E-state index contributed by atoms with van der Waals surface area (Å²) < 4.78 is 1.11. The number of nitrogens with one attached hydrogen (secondary N) is 1. The summed E-state index contributed by atoms with van der Waals surface area (Å²) in [6.07, 6.45) is 1.92. The maximum Gasteiger partial charge on any atom is 0.0503 e. The van der Waals surface area contributed by atoms with Gasteiger partial charge in [-0.05, 0) is 24.2 Å². The minimum atomic E-state index is 0.262. The summed E-state index contributed by atoms with van der Waals surface area (Å²) in [6.45, 7) is 6.85. The molecule has 0 spiro atoms. The summed E-state index contributed by atoms with van der Waals surface area (Å²) in [5.41, 5.74) is 1.25. The van der Waals surface area contributed by atoms with Gasteiger partial charge in [0.2, 0.25) is 0 Å². The molecule has 1 rings (SSSR count). The van der Waals surface area contributed by atoms with Crippen LogP contribution in [0.2, 0.25) is 0 Å². The van der Waals surface area contributed by atoms with Crippen LogP contribution in [-0.2, 0) is 0 Å². The molecule has 1 nitrogen and oxygen atoms in total. The van der Waals surface area contributed by atoms with Crippen LogP contribution in [0.5, 0.6) is 0 Å². The fourth-order valence-corrected chi connectivity index (χ4v) is 1.49. The van der Waals surface area contributed by atoms with Gasteiger partial charge in [-0.3, -0.25) is 0 Å². The van der Waals surface area contributed by atoms with Crippen molar-refractivity contribution in [2.75, 3.05) is 6.54 Å². The smallest absolute Gasteiger partial charge is 0.0503 e. The monoisotopic (exact) mass is 239 g/mol. The van der Waals surface area contributed by atoms with Crippen molar-refractivity contribution in [3.05, 3.63) is 47.0 Å². The highest BCUT2D eigenvalue weighted by Crippen LogP contribution is 2.17. The number of likely N-dealkylation sites (N-methyl/N-ethyl adjacent to an activating group) is 1. The highest BCUT2D eigenvalue weighted by molar-refractivity contribution is 9.10. The molecule has 0 fully saturated rings. The molecule has 0 saturated carbocycles. The zero-order valence-electron chi connectivity index (χ0n) is 7.76. The van der Waals surface area contributed by atoms with Crippen LogP contribution in [0.15, 0.2) is 41.4 Å². The van der Waals surface area contributed by atoms with Gasteiger partial charge in [0.25, 0.3) is 0 Å². The first-order valence-corrected chi connectivity index (χ1v) is 5.18. The molecule has 0 saturated heterocycles. The predicted octanol–water partition coefficient (Wildman–Crippen LogP) is 3.29. The zero-order valence-corrected chi connectivity index (χ0v) is 9.34. The Labute approximate surface area is 88.0 Å². The van der Waals surface area contributed by atoms with Crippen LogP contribution in [0.3, 0.4) is 0 Å². The van der Waals surface area contributed by atoms with E-state index >= 15 is 0 Å². The van der Waals surface area contributed by atoms with Crippen molar-refractivity contribution >= 4 is 15.9 Å². The third kappa shape index (κ3) is 2.98. The molecule has 13 heavy (non-hydrogen) atoms. The lowest BCUT2D eigenvalue weighted by Crippen LogP contribution is -2.18. The predicted molar refractivity (Wildman–Crippen MR) is 60.8 cm³/mol. The van der Waals surface area contributed by atoms with Gasteiger partial charge in [0.1, 0.15) is 0 Å². The molecule has 0 aliphatic heterocycles. The number of hydrogen-bond donors (Lipinski definition) is 1. The molecule has 70 valence electrons. The average Bonchev–Trinajstić information content (AvgIpc) is 2.16. The lowest BCUT2D eigenvalue weighted by molar-refractivity contribution is 0.649.